The first-order valence-electron chi connectivity index (χ1n) is 5.98. The number of piperidine rings is 1. The van der Waals surface area contributed by atoms with E-state index in [0.29, 0.717) is 6.54 Å². The van der Waals surface area contributed by atoms with E-state index in [0.717, 1.165) is 30.8 Å². The van der Waals surface area contributed by atoms with Gasteiger partial charge in [0.1, 0.15) is 0 Å². The standard InChI is InChI=1S/C13H15N3O/c17-13-11-8-14-7-6-12(11)15-16(13)9-10-4-2-1-3-5-10/h1-5,11,14H,6-9H2. The molecule has 1 atom stereocenters. The highest BCUT2D eigenvalue weighted by Crippen LogP contribution is 2.21. The largest absolute Gasteiger partial charge is 0.315 e. The number of rotatable bonds is 2. The van der Waals surface area contributed by atoms with Crippen LogP contribution in [0.15, 0.2) is 35.4 Å². The lowest BCUT2D eigenvalue weighted by Crippen LogP contribution is -2.40. The number of carbonyl (C=O) groups excluding carboxylic acids is 1. The molecular weight excluding hydrogens is 214 g/mol. The molecule has 1 aromatic rings. The molecule has 0 saturated carbocycles. The molecule has 2 heterocycles. The summed E-state index contributed by atoms with van der Waals surface area (Å²) in [5.41, 5.74) is 2.17. The molecule has 0 aromatic heterocycles. The van der Waals surface area contributed by atoms with Crippen LogP contribution < -0.4 is 5.32 Å². The van der Waals surface area contributed by atoms with E-state index in [1.54, 1.807) is 5.01 Å². The Labute approximate surface area is 100 Å². The Morgan fingerprint density at radius 2 is 2.18 bits per heavy atom. The van der Waals surface area contributed by atoms with Gasteiger partial charge in [0.15, 0.2) is 0 Å². The van der Waals surface area contributed by atoms with E-state index < -0.39 is 0 Å². The van der Waals surface area contributed by atoms with Crippen molar-refractivity contribution in [1.29, 1.82) is 0 Å². The molecule has 1 aromatic carbocycles. The lowest BCUT2D eigenvalue weighted by molar-refractivity contribution is -0.132. The maximum atomic E-state index is 12.1. The molecule has 17 heavy (non-hydrogen) atoms. The highest BCUT2D eigenvalue weighted by Gasteiger charge is 2.36. The number of benzene rings is 1. The molecule has 3 rings (SSSR count). The third-order valence-corrected chi connectivity index (χ3v) is 3.29. The van der Waals surface area contributed by atoms with E-state index in [-0.39, 0.29) is 11.8 Å². The number of hydrazone groups is 1. The summed E-state index contributed by atoms with van der Waals surface area (Å²) in [6.45, 7) is 2.25. The fourth-order valence-corrected chi connectivity index (χ4v) is 2.36. The number of carbonyl (C=O) groups is 1. The Balaban J connectivity index is 1.77. The number of fused-ring (bicyclic) bond motifs is 1. The van der Waals surface area contributed by atoms with Crippen LogP contribution in [0.25, 0.3) is 0 Å². The third kappa shape index (κ3) is 1.96. The zero-order valence-corrected chi connectivity index (χ0v) is 9.60. The smallest absolute Gasteiger partial charge is 0.253 e. The van der Waals surface area contributed by atoms with Gasteiger partial charge in [-0.15, -0.1) is 0 Å². The molecule has 1 unspecified atom stereocenters. The fourth-order valence-electron chi connectivity index (χ4n) is 2.36. The summed E-state index contributed by atoms with van der Waals surface area (Å²) in [5.74, 6) is 0.114. The highest BCUT2D eigenvalue weighted by molar-refractivity contribution is 6.08. The third-order valence-electron chi connectivity index (χ3n) is 3.29. The first-order chi connectivity index (χ1) is 8.34. The second-order valence-corrected chi connectivity index (χ2v) is 4.48. The molecule has 0 bridgehead atoms. The second-order valence-electron chi connectivity index (χ2n) is 4.48. The average Bonchev–Trinajstić information content (AvgIpc) is 2.68. The fraction of sp³-hybridized carbons (Fsp3) is 0.385. The van der Waals surface area contributed by atoms with Crippen molar-refractivity contribution in [3.8, 4) is 0 Å². The predicted octanol–water partition coefficient (Wildman–Crippen LogP) is 0.994. The van der Waals surface area contributed by atoms with Crippen molar-refractivity contribution >= 4 is 11.6 Å². The van der Waals surface area contributed by atoms with Gasteiger partial charge in [0.2, 0.25) is 0 Å². The van der Waals surface area contributed by atoms with Gasteiger partial charge in [-0.1, -0.05) is 30.3 Å². The van der Waals surface area contributed by atoms with Crippen molar-refractivity contribution in [2.45, 2.75) is 13.0 Å². The molecular formula is C13H15N3O. The Hall–Kier alpha value is -1.68. The minimum atomic E-state index is -0.0209. The van der Waals surface area contributed by atoms with Crippen LogP contribution in [0, 0.1) is 5.92 Å². The van der Waals surface area contributed by atoms with Crippen molar-refractivity contribution in [3.05, 3.63) is 35.9 Å². The highest BCUT2D eigenvalue weighted by atomic mass is 16.2. The summed E-state index contributed by atoms with van der Waals surface area (Å²) in [5, 5.41) is 9.30. The zero-order chi connectivity index (χ0) is 11.7. The lowest BCUT2D eigenvalue weighted by atomic mass is 9.97. The van der Waals surface area contributed by atoms with Gasteiger partial charge >= 0.3 is 0 Å². The first kappa shape index (κ1) is 10.5. The molecule has 1 saturated heterocycles. The lowest BCUT2D eigenvalue weighted by Gasteiger charge is -2.18. The molecule has 4 nitrogen and oxygen atoms in total. The number of hydrogen-bond acceptors (Lipinski definition) is 3. The monoisotopic (exact) mass is 229 g/mol. The molecule has 0 radical (unpaired) electrons. The number of hydrogen-bond donors (Lipinski definition) is 1. The van der Waals surface area contributed by atoms with E-state index >= 15 is 0 Å². The Morgan fingerprint density at radius 3 is 2.94 bits per heavy atom. The van der Waals surface area contributed by atoms with Gasteiger partial charge in [0.25, 0.3) is 5.91 Å². The molecule has 1 amide bonds. The number of nitrogens with one attached hydrogen (secondary N) is 1. The van der Waals surface area contributed by atoms with Gasteiger partial charge in [-0.25, -0.2) is 5.01 Å². The zero-order valence-electron chi connectivity index (χ0n) is 9.60. The molecule has 0 spiro atoms. The molecule has 1 N–H and O–H groups in total. The van der Waals surface area contributed by atoms with Crippen LogP contribution in [0.5, 0.6) is 0 Å². The van der Waals surface area contributed by atoms with E-state index in [1.807, 2.05) is 30.3 Å². The normalized spacial score (nSPS) is 23.5. The maximum absolute atomic E-state index is 12.1. The number of nitrogens with zero attached hydrogens (tertiary/aromatic N) is 2. The minimum Gasteiger partial charge on any atom is -0.315 e. The number of amides is 1. The second kappa shape index (κ2) is 4.30. The van der Waals surface area contributed by atoms with Crippen LogP contribution >= 0.6 is 0 Å². The van der Waals surface area contributed by atoms with Crippen molar-refractivity contribution in [1.82, 2.24) is 10.3 Å². The molecule has 1 fully saturated rings. The van der Waals surface area contributed by atoms with Gasteiger partial charge < -0.3 is 5.32 Å². The summed E-state index contributed by atoms with van der Waals surface area (Å²) in [6, 6.07) is 9.99. The van der Waals surface area contributed by atoms with Gasteiger partial charge in [-0.2, -0.15) is 5.10 Å². The average molecular weight is 229 g/mol. The van der Waals surface area contributed by atoms with Crippen LogP contribution in [0.3, 0.4) is 0 Å². The van der Waals surface area contributed by atoms with Crippen LogP contribution in [0.1, 0.15) is 12.0 Å². The topological polar surface area (TPSA) is 44.7 Å². The summed E-state index contributed by atoms with van der Waals surface area (Å²) < 4.78 is 0. The molecule has 4 heteroatoms. The molecule has 88 valence electrons. The van der Waals surface area contributed by atoms with E-state index in [1.165, 1.54) is 0 Å². The van der Waals surface area contributed by atoms with Gasteiger partial charge in [-0.3, -0.25) is 4.79 Å². The minimum absolute atomic E-state index is 0.0209. The SMILES string of the molecule is O=C1C2CNCCC2=NN1Cc1ccccc1. The summed E-state index contributed by atoms with van der Waals surface area (Å²) >= 11 is 0. The van der Waals surface area contributed by atoms with Gasteiger partial charge in [0, 0.05) is 19.5 Å². The van der Waals surface area contributed by atoms with Crippen LogP contribution in [0.4, 0.5) is 0 Å². The van der Waals surface area contributed by atoms with Crippen LogP contribution in [-0.2, 0) is 11.3 Å². The van der Waals surface area contributed by atoms with Crippen LogP contribution in [-0.4, -0.2) is 29.7 Å². The molecule has 2 aliphatic rings. The van der Waals surface area contributed by atoms with E-state index in [2.05, 4.69) is 10.4 Å². The van der Waals surface area contributed by atoms with Crippen molar-refractivity contribution < 1.29 is 4.79 Å². The van der Waals surface area contributed by atoms with Crippen molar-refractivity contribution in [3.63, 3.8) is 0 Å². The van der Waals surface area contributed by atoms with Crippen molar-refractivity contribution in [2.24, 2.45) is 11.0 Å². The first-order valence-corrected chi connectivity index (χ1v) is 5.98. The van der Waals surface area contributed by atoms with E-state index in [9.17, 15) is 4.79 Å². The molecule has 2 aliphatic heterocycles. The Kier molecular flexibility index (Phi) is 2.65. The Morgan fingerprint density at radius 1 is 1.35 bits per heavy atom. The van der Waals surface area contributed by atoms with Crippen LogP contribution in [0.2, 0.25) is 0 Å². The van der Waals surface area contributed by atoms with Crippen molar-refractivity contribution in [2.75, 3.05) is 13.1 Å². The maximum Gasteiger partial charge on any atom is 0.253 e. The summed E-state index contributed by atoms with van der Waals surface area (Å²) in [7, 11) is 0. The van der Waals surface area contributed by atoms with E-state index in [4.69, 9.17) is 0 Å². The quantitative estimate of drug-likeness (QED) is 0.822. The summed E-state index contributed by atoms with van der Waals surface area (Å²) in [4.78, 5) is 12.1. The summed E-state index contributed by atoms with van der Waals surface area (Å²) in [6.07, 6.45) is 0.891. The van der Waals surface area contributed by atoms with Gasteiger partial charge in [-0.05, 0) is 5.56 Å². The predicted molar refractivity (Wildman–Crippen MR) is 65.4 cm³/mol. The van der Waals surface area contributed by atoms with Gasteiger partial charge in [0.05, 0.1) is 18.2 Å². The Bertz CT molecular complexity index is 455. The molecule has 0 aliphatic carbocycles.